The second-order valence-electron chi connectivity index (χ2n) is 5.59. The highest BCUT2D eigenvalue weighted by atomic mass is 16.5. The van der Waals surface area contributed by atoms with E-state index in [1.54, 1.807) is 0 Å². The minimum atomic E-state index is -0.972. The summed E-state index contributed by atoms with van der Waals surface area (Å²) in [6, 6.07) is 15.6. The van der Waals surface area contributed by atoms with Gasteiger partial charge in [-0.1, -0.05) is 42.0 Å². The molecule has 0 spiro atoms. The zero-order valence-corrected chi connectivity index (χ0v) is 13.6. The molecule has 5 heteroatoms. The van der Waals surface area contributed by atoms with Gasteiger partial charge in [-0.3, -0.25) is 9.59 Å². The number of hydrogen-bond donors (Lipinski definition) is 2. The molecule has 2 aromatic carbocycles. The third-order valence-electron chi connectivity index (χ3n) is 3.47. The Morgan fingerprint density at radius 1 is 1.04 bits per heavy atom. The van der Waals surface area contributed by atoms with Crippen molar-refractivity contribution in [2.75, 3.05) is 0 Å². The lowest BCUT2D eigenvalue weighted by molar-refractivity contribution is -0.138. The minimum absolute atomic E-state index is 0.00692. The number of hydrogen-bond acceptors (Lipinski definition) is 3. The smallest absolute Gasteiger partial charge is 0.303 e. The average Bonchev–Trinajstić information content (AvgIpc) is 2.57. The van der Waals surface area contributed by atoms with Crippen molar-refractivity contribution in [3.8, 4) is 5.75 Å². The molecule has 24 heavy (non-hydrogen) atoms. The first-order valence-corrected chi connectivity index (χ1v) is 7.79. The average molecular weight is 327 g/mol. The summed E-state index contributed by atoms with van der Waals surface area (Å²) < 4.78 is 5.74. The Balaban J connectivity index is 1.78. The minimum Gasteiger partial charge on any atom is -0.489 e. The number of carboxylic acid groups (broad SMARTS) is 1. The second-order valence-corrected chi connectivity index (χ2v) is 5.59. The number of nitrogens with one attached hydrogen (secondary N) is 1. The summed E-state index contributed by atoms with van der Waals surface area (Å²) in [5.74, 6) is -0.477. The molecule has 0 unspecified atom stereocenters. The number of aliphatic carboxylic acids is 1. The lowest BCUT2D eigenvalue weighted by Crippen LogP contribution is -2.23. The molecule has 0 atom stereocenters. The fourth-order valence-electron chi connectivity index (χ4n) is 2.18. The van der Waals surface area contributed by atoms with Gasteiger partial charge in [-0.2, -0.15) is 0 Å². The summed E-state index contributed by atoms with van der Waals surface area (Å²) >= 11 is 0. The van der Waals surface area contributed by atoms with E-state index in [9.17, 15) is 9.59 Å². The molecule has 0 fully saturated rings. The maximum atomic E-state index is 11.5. The van der Waals surface area contributed by atoms with E-state index in [2.05, 4.69) is 11.4 Å². The molecule has 0 aliphatic carbocycles. The van der Waals surface area contributed by atoms with Crippen LogP contribution in [-0.4, -0.2) is 17.0 Å². The Hall–Kier alpha value is -2.82. The van der Waals surface area contributed by atoms with Crippen molar-refractivity contribution in [1.29, 1.82) is 0 Å². The maximum Gasteiger partial charge on any atom is 0.303 e. The van der Waals surface area contributed by atoms with Crippen LogP contribution < -0.4 is 10.1 Å². The third-order valence-corrected chi connectivity index (χ3v) is 3.47. The first-order valence-electron chi connectivity index (χ1n) is 7.79. The van der Waals surface area contributed by atoms with Gasteiger partial charge in [0.2, 0.25) is 5.91 Å². The molecule has 5 nitrogen and oxygen atoms in total. The fraction of sp³-hybridized carbons (Fsp3) is 0.263. The zero-order valence-electron chi connectivity index (χ0n) is 13.6. The highest BCUT2D eigenvalue weighted by molar-refractivity contribution is 5.80. The summed E-state index contributed by atoms with van der Waals surface area (Å²) in [5, 5.41) is 11.2. The van der Waals surface area contributed by atoms with Crippen LogP contribution in [0, 0.1) is 6.92 Å². The Morgan fingerprint density at radius 3 is 2.46 bits per heavy atom. The van der Waals surface area contributed by atoms with Crippen LogP contribution in [0.5, 0.6) is 5.75 Å². The van der Waals surface area contributed by atoms with Gasteiger partial charge in [-0.15, -0.1) is 0 Å². The molecule has 0 aromatic heterocycles. The number of benzene rings is 2. The van der Waals surface area contributed by atoms with Crippen molar-refractivity contribution in [2.45, 2.75) is 32.9 Å². The normalized spacial score (nSPS) is 10.2. The van der Waals surface area contributed by atoms with Crippen LogP contribution in [0.4, 0.5) is 0 Å². The van der Waals surface area contributed by atoms with E-state index in [0.717, 1.165) is 16.9 Å². The van der Waals surface area contributed by atoms with Gasteiger partial charge in [0.1, 0.15) is 12.4 Å². The first kappa shape index (κ1) is 17.5. The van der Waals surface area contributed by atoms with Crippen LogP contribution in [-0.2, 0) is 22.7 Å². The quantitative estimate of drug-likeness (QED) is 0.781. The SMILES string of the molecule is Cc1cccc(COc2ccc(CNC(=O)CCC(=O)O)cc2)c1. The lowest BCUT2D eigenvalue weighted by atomic mass is 10.1. The monoisotopic (exact) mass is 327 g/mol. The molecule has 0 saturated carbocycles. The number of amides is 1. The molecule has 0 aliphatic heterocycles. The van der Waals surface area contributed by atoms with Crippen molar-refractivity contribution in [1.82, 2.24) is 5.32 Å². The predicted octanol–water partition coefficient (Wildman–Crippen LogP) is 3.06. The van der Waals surface area contributed by atoms with Crippen LogP contribution in [0.3, 0.4) is 0 Å². The van der Waals surface area contributed by atoms with Crippen LogP contribution in [0.25, 0.3) is 0 Å². The van der Waals surface area contributed by atoms with Gasteiger partial charge in [-0.25, -0.2) is 0 Å². The highest BCUT2D eigenvalue weighted by Crippen LogP contribution is 2.15. The van der Waals surface area contributed by atoms with Gasteiger partial charge in [0, 0.05) is 13.0 Å². The number of carboxylic acids is 1. The van der Waals surface area contributed by atoms with E-state index in [1.807, 2.05) is 49.4 Å². The van der Waals surface area contributed by atoms with Gasteiger partial charge in [-0.05, 0) is 30.2 Å². The van der Waals surface area contributed by atoms with Crippen LogP contribution in [0.1, 0.15) is 29.5 Å². The summed E-state index contributed by atoms with van der Waals surface area (Å²) in [4.78, 5) is 21.9. The zero-order chi connectivity index (χ0) is 17.4. The van der Waals surface area contributed by atoms with Gasteiger partial charge < -0.3 is 15.2 Å². The van der Waals surface area contributed by atoms with Gasteiger partial charge in [0.25, 0.3) is 0 Å². The highest BCUT2D eigenvalue weighted by Gasteiger charge is 2.05. The van der Waals surface area contributed by atoms with E-state index < -0.39 is 5.97 Å². The molecule has 0 heterocycles. The van der Waals surface area contributed by atoms with Gasteiger partial charge >= 0.3 is 5.97 Å². The van der Waals surface area contributed by atoms with Crippen LogP contribution in [0.2, 0.25) is 0 Å². The van der Waals surface area contributed by atoms with E-state index in [4.69, 9.17) is 9.84 Å². The largest absolute Gasteiger partial charge is 0.489 e. The number of aryl methyl sites for hydroxylation is 1. The molecular weight excluding hydrogens is 306 g/mol. The van der Waals surface area contributed by atoms with Crippen molar-refractivity contribution >= 4 is 11.9 Å². The van der Waals surface area contributed by atoms with Crippen molar-refractivity contribution in [2.24, 2.45) is 0 Å². The van der Waals surface area contributed by atoms with Crippen molar-refractivity contribution in [3.05, 3.63) is 65.2 Å². The molecule has 1 amide bonds. The lowest BCUT2D eigenvalue weighted by Gasteiger charge is -2.09. The van der Waals surface area contributed by atoms with E-state index in [0.29, 0.717) is 13.2 Å². The van der Waals surface area contributed by atoms with Crippen molar-refractivity contribution < 1.29 is 19.4 Å². The summed E-state index contributed by atoms with van der Waals surface area (Å²) in [6.45, 7) is 2.92. The Bertz CT molecular complexity index is 695. The maximum absolute atomic E-state index is 11.5. The molecule has 2 rings (SSSR count). The van der Waals surface area contributed by atoms with Gasteiger partial charge in [0.05, 0.1) is 6.42 Å². The third kappa shape index (κ3) is 6.12. The van der Waals surface area contributed by atoms with Crippen LogP contribution >= 0.6 is 0 Å². The van der Waals surface area contributed by atoms with Gasteiger partial charge in [0.15, 0.2) is 0 Å². The Labute approximate surface area is 141 Å². The molecule has 0 radical (unpaired) electrons. The molecule has 2 aromatic rings. The standard InChI is InChI=1S/C19H21NO4/c1-14-3-2-4-16(11-14)13-24-17-7-5-15(6-8-17)12-20-18(21)9-10-19(22)23/h2-8,11H,9-10,12-13H2,1H3,(H,20,21)(H,22,23). The molecule has 0 aliphatic rings. The number of rotatable bonds is 8. The van der Waals surface area contributed by atoms with E-state index >= 15 is 0 Å². The number of carbonyl (C=O) groups excluding carboxylic acids is 1. The summed E-state index contributed by atoms with van der Waals surface area (Å²) in [5.41, 5.74) is 3.25. The summed E-state index contributed by atoms with van der Waals surface area (Å²) in [7, 11) is 0. The molecule has 0 saturated heterocycles. The predicted molar refractivity (Wildman–Crippen MR) is 90.7 cm³/mol. The Morgan fingerprint density at radius 2 is 1.79 bits per heavy atom. The van der Waals surface area contributed by atoms with Crippen LogP contribution in [0.15, 0.2) is 48.5 Å². The molecule has 2 N–H and O–H groups in total. The number of ether oxygens (including phenoxy) is 1. The number of carbonyl (C=O) groups is 2. The van der Waals surface area contributed by atoms with E-state index in [-0.39, 0.29) is 18.7 Å². The molecule has 0 bridgehead atoms. The second kappa shape index (κ2) is 8.72. The van der Waals surface area contributed by atoms with Crippen molar-refractivity contribution in [3.63, 3.8) is 0 Å². The molecular formula is C19H21NO4. The molecule has 126 valence electrons. The topological polar surface area (TPSA) is 75.6 Å². The van der Waals surface area contributed by atoms with E-state index in [1.165, 1.54) is 5.56 Å². The Kier molecular flexibility index (Phi) is 6.37. The fourth-order valence-corrected chi connectivity index (χ4v) is 2.18. The first-order chi connectivity index (χ1) is 11.5. The summed E-state index contributed by atoms with van der Waals surface area (Å²) in [6.07, 6.45) is -0.162.